The van der Waals surface area contributed by atoms with Gasteiger partial charge in [0.15, 0.2) is 4.34 Å². The van der Waals surface area contributed by atoms with Gasteiger partial charge in [-0.25, -0.2) is 0 Å². The highest BCUT2D eigenvalue weighted by molar-refractivity contribution is 8.01. The van der Waals surface area contributed by atoms with Crippen LogP contribution in [0.4, 0.5) is 5.13 Å². The van der Waals surface area contributed by atoms with Crippen molar-refractivity contribution in [2.45, 2.75) is 24.1 Å². The molecule has 0 unspecified atom stereocenters. The molecule has 1 saturated heterocycles. The van der Waals surface area contributed by atoms with Gasteiger partial charge in [-0.05, 0) is 31.1 Å². The number of nitrogens with one attached hydrogen (secondary N) is 1. The molecule has 2 heterocycles. The van der Waals surface area contributed by atoms with E-state index < -0.39 is 0 Å². The summed E-state index contributed by atoms with van der Waals surface area (Å²) >= 11 is 3.06. The zero-order valence-electron chi connectivity index (χ0n) is 12.5. The third-order valence-electron chi connectivity index (χ3n) is 3.29. The molecule has 21 heavy (non-hydrogen) atoms. The Bertz CT molecular complexity index is 453. The molecular weight excluding hydrogens is 308 g/mol. The van der Waals surface area contributed by atoms with Crippen molar-refractivity contribution in [2.75, 3.05) is 44.4 Å². The molecule has 1 N–H and O–H groups in total. The molecule has 0 saturated carbocycles. The molecular formula is C13H22N4O2S2. The minimum Gasteiger partial charge on any atom is -0.384 e. The van der Waals surface area contributed by atoms with E-state index >= 15 is 0 Å². The minimum absolute atomic E-state index is 0.0164. The number of carbonyl (C=O) groups excluding carboxylic acids is 1. The lowest BCUT2D eigenvalue weighted by Crippen LogP contribution is -2.41. The summed E-state index contributed by atoms with van der Waals surface area (Å²) in [6, 6.07) is 0. The molecule has 1 aliphatic rings. The van der Waals surface area contributed by atoms with Crippen molar-refractivity contribution in [1.82, 2.24) is 15.1 Å². The highest BCUT2D eigenvalue weighted by Crippen LogP contribution is 2.25. The molecule has 1 aromatic rings. The van der Waals surface area contributed by atoms with Crippen LogP contribution in [0.3, 0.4) is 0 Å². The second kappa shape index (κ2) is 8.67. The molecule has 1 atom stereocenters. The van der Waals surface area contributed by atoms with Gasteiger partial charge in [-0.15, -0.1) is 10.2 Å². The summed E-state index contributed by atoms with van der Waals surface area (Å²) in [6.07, 6.45) is 2.30. The number of hydrogen-bond donors (Lipinski definition) is 1. The molecule has 1 aliphatic heterocycles. The number of ether oxygens (including phenoxy) is 1. The second-order valence-electron chi connectivity index (χ2n) is 5.05. The maximum atomic E-state index is 12.1. The molecule has 8 heteroatoms. The van der Waals surface area contributed by atoms with Gasteiger partial charge in [0.1, 0.15) is 0 Å². The van der Waals surface area contributed by atoms with E-state index in [1.54, 1.807) is 18.9 Å². The SMILES string of the molecule is CCSc1nnc(NC(=O)CN2CCC[C@@H](COC)C2)s1. The van der Waals surface area contributed by atoms with Crippen LogP contribution in [0.2, 0.25) is 0 Å². The van der Waals surface area contributed by atoms with Crippen molar-refractivity contribution < 1.29 is 9.53 Å². The minimum atomic E-state index is -0.0164. The lowest BCUT2D eigenvalue weighted by molar-refractivity contribution is -0.117. The van der Waals surface area contributed by atoms with Crippen molar-refractivity contribution in [3.8, 4) is 0 Å². The van der Waals surface area contributed by atoms with Crippen LogP contribution >= 0.6 is 23.1 Å². The number of methoxy groups -OCH3 is 1. The van der Waals surface area contributed by atoms with Gasteiger partial charge in [0, 0.05) is 13.7 Å². The van der Waals surface area contributed by atoms with Gasteiger partial charge in [-0.2, -0.15) is 0 Å². The first kappa shape index (κ1) is 16.7. The van der Waals surface area contributed by atoms with Crippen LogP contribution in [-0.2, 0) is 9.53 Å². The Morgan fingerprint density at radius 1 is 1.57 bits per heavy atom. The molecule has 0 aromatic carbocycles. The zero-order valence-corrected chi connectivity index (χ0v) is 14.1. The van der Waals surface area contributed by atoms with E-state index in [0.717, 1.165) is 36.2 Å². The first-order chi connectivity index (χ1) is 10.2. The Morgan fingerprint density at radius 2 is 2.43 bits per heavy atom. The Balaban J connectivity index is 1.77. The Kier molecular flexibility index (Phi) is 6.88. The van der Waals surface area contributed by atoms with Crippen LogP contribution in [0.15, 0.2) is 4.34 Å². The van der Waals surface area contributed by atoms with E-state index in [9.17, 15) is 4.79 Å². The van der Waals surface area contributed by atoms with Crippen LogP contribution in [0.5, 0.6) is 0 Å². The maximum Gasteiger partial charge on any atom is 0.240 e. The summed E-state index contributed by atoms with van der Waals surface area (Å²) in [5.41, 5.74) is 0. The highest BCUT2D eigenvalue weighted by Gasteiger charge is 2.21. The van der Waals surface area contributed by atoms with Gasteiger partial charge in [-0.1, -0.05) is 30.0 Å². The van der Waals surface area contributed by atoms with E-state index in [2.05, 4.69) is 27.3 Å². The summed E-state index contributed by atoms with van der Waals surface area (Å²) < 4.78 is 6.10. The topological polar surface area (TPSA) is 67.4 Å². The monoisotopic (exact) mass is 330 g/mol. The van der Waals surface area contributed by atoms with Gasteiger partial charge in [0.2, 0.25) is 11.0 Å². The average Bonchev–Trinajstić information content (AvgIpc) is 2.87. The third-order valence-corrected chi connectivity index (χ3v) is 5.15. The Hall–Kier alpha value is -0.700. The highest BCUT2D eigenvalue weighted by atomic mass is 32.2. The second-order valence-corrected chi connectivity index (χ2v) is 7.54. The predicted molar refractivity (Wildman–Crippen MR) is 86.0 cm³/mol. The average molecular weight is 330 g/mol. The molecule has 0 aliphatic carbocycles. The first-order valence-corrected chi connectivity index (χ1v) is 8.99. The zero-order chi connectivity index (χ0) is 15.1. The summed E-state index contributed by atoms with van der Waals surface area (Å²) in [7, 11) is 1.73. The predicted octanol–water partition coefficient (Wildman–Crippen LogP) is 1.95. The quantitative estimate of drug-likeness (QED) is 0.609. The number of carbonyl (C=O) groups is 1. The normalized spacial score (nSPS) is 19.6. The number of rotatable bonds is 7. The van der Waals surface area contributed by atoms with Crippen LogP contribution in [0.25, 0.3) is 0 Å². The van der Waals surface area contributed by atoms with Crippen LogP contribution in [-0.4, -0.2) is 60.1 Å². The largest absolute Gasteiger partial charge is 0.384 e. The Morgan fingerprint density at radius 3 is 3.19 bits per heavy atom. The third kappa shape index (κ3) is 5.54. The standard InChI is InChI=1S/C13H22N4O2S2/c1-3-20-13-16-15-12(21-13)14-11(18)8-17-6-4-5-10(7-17)9-19-2/h10H,3-9H2,1-2H3,(H,14,15,18)/t10-/m1/s1. The summed E-state index contributed by atoms with van der Waals surface area (Å²) in [5.74, 6) is 1.47. The lowest BCUT2D eigenvalue weighted by atomic mass is 9.99. The number of likely N-dealkylation sites (tertiary alicyclic amines) is 1. The van der Waals surface area contributed by atoms with Gasteiger partial charge < -0.3 is 4.74 Å². The van der Waals surface area contributed by atoms with Crippen molar-refractivity contribution in [1.29, 1.82) is 0 Å². The molecule has 0 radical (unpaired) electrons. The number of thioether (sulfide) groups is 1. The molecule has 1 fully saturated rings. The van der Waals surface area contributed by atoms with E-state index in [1.165, 1.54) is 17.8 Å². The molecule has 6 nitrogen and oxygen atoms in total. The Labute approximate surface area is 133 Å². The summed E-state index contributed by atoms with van der Waals surface area (Å²) in [4.78, 5) is 14.2. The lowest BCUT2D eigenvalue weighted by Gasteiger charge is -2.31. The number of hydrogen-bond acceptors (Lipinski definition) is 7. The number of aromatic nitrogens is 2. The number of amides is 1. The smallest absolute Gasteiger partial charge is 0.240 e. The number of anilines is 1. The van der Waals surface area contributed by atoms with Crippen molar-refractivity contribution >= 4 is 34.1 Å². The molecule has 1 amide bonds. The van der Waals surface area contributed by atoms with Gasteiger partial charge in [-0.3, -0.25) is 15.0 Å². The summed E-state index contributed by atoms with van der Waals surface area (Å²) in [5, 5.41) is 11.4. The maximum absolute atomic E-state index is 12.1. The van der Waals surface area contributed by atoms with E-state index in [0.29, 0.717) is 17.6 Å². The van der Waals surface area contributed by atoms with E-state index in [4.69, 9.17) is 4.74 Å². The first-order valence-electron chi connectivity index (χ1n) is 7.18. The fourth-order valence-electron chi connectivity index (χ4n) is 2.47. The fraction of sp³-hybridized carbons (Fsp3) is 0.769. The van der Waals surface area contributed by atoms with Gasteiger partial charge >= 0.3 is 0 Å². The van der Waals surface area contributed by atoms with Crippen LogP contribution < -0.4 is 5.32 Å². The van der Waals surface area contributed by atoms with Gasteiger partial charge in [0.25, 0.3) is 0 Å². The van der Waals surface area contributed by atoms with Crippen LogP contribution in [0, 0.1) is 5.92 Å². The van der Waals surface area contributed by atoms with Gasteiger partial charge in [0.05, 0.1) is 13.2 Å². The molecule has 118 valence electrons. The molecule has 0 spiro atoms. The fourth-order valence-corrected chi connectivity index (χ4v) is 4.14. The molecule has 1 aromatic heterocycles. The number of nitrogens with zero attached hydrogens (tertiary/aromatic N) is 3. The molecule has 2 rings (SSSR count). The van der Waals surface area contributed by atoms with Crippen molar-refractivity contribution in [2.24, 2.45) is 5.92 Å². The van der Waals surface area contributed by atoms with E-state index in [-0.39, 0.29) is 5.91 Å². The summed E-state index contributed by atoms with van der Waals surface area (Å²) in [6.45, 7) is 5.15. The van der Waals surface area contributed by atoms with Crippen molar-refractivity contribution in [3.05, 3.63) is 0 Å². The van der Waals surface area contributed by atoms with Crippen molar-refractivity contribution in [3.63, 3.8) is 0 Å². The molecule has 0 bridgehead atoms. The van der Waals surface area contributed by atoms with Crippen LogP contribution in [0.1, 0.15) is 19.8 Å². The van der Waals surface area contributed by atoms with E-state index in [1.807, 2.05) is 0 Å². The number of piperidine rings is 1.